The number of alkyl halides is 3. The summed E-state index contributed by atoms with van der Waals surface area (Å²) in [6.07, 6.45) is -0.752. The van der Waals surface area contributed by atoms with Crippen molar-refractivity contribution in [3.8, 4) is 0 Å². The third-order valence-electron chi connectivity index (χ3n) is 5.20. The fourth-order valence-corrected chi connectivity index (χ4v) is 3.40. The molecule has 35 heavy (non-hydrogen) atoms. The van der Waals surface area contributed by atoms with Crippen LogP contribution in [0.25, 0.3) is 11.2 Å². The average molecular weight is 487 g/mol. The molecule has 182 valence electrons. The lowest BCUT2D eigenvalue weighted by Crippen LogP contribution is -2.17. The van der Waals surface area contributed by atoms with Gasteiger partial charge in [0.25, 0.3) is 0 Å². The van der Waals surface area contributed by atoms with Crippen molar-refractivity contribution in [1.29, 1.82) is 0 Å². The van der Waals surface area contributed by atoms with Crippen LogP contribution < -0.4 is 10.6 Å². The molecular formula is C23H21F4N7O. The van der Waals surface area contributed by atoms with E-state index in [0.29, 0.717) is 35.4 Å². The van der Waals surface area contributed by atoms with Crippen LogP contribution in [-0.4, -0.2) is 30.6 Å². The molecule has 1 aromatic carbocycles. The molecule has 0 saturated carbocycles. The highest BCUT2D eigenvalue weighted by molar-refractivity contribution is 5.92. The van der Waals surface area contributed by atoms with Crippen molar-refractivity contribution in [3.05, 3.63) is 71.6 Å². The molecule has 4 aromatic rings. The molecule has 4 rings (SSSR count). The Morgan fingerprint density at radius 3 is 2.63 bits per heavy atom. The zero-order chi connectivity index (χ0) is 25.2. The van der Waals surface area contributed by atoms with E-state index in [4.69, 9.17) is 0 Å². The molecule has 0 bridgehead atoms. The van der Waals surface area contributed by atoms with Crippen molar-refractivity contribution < 1.29 is 22.4 Å². The molecular weight excluding hydrogens is 466 g/mol. The second kappa shape index (κ2) is 9.65. The summed E-state index contributed by atoms with van der Waals surface area (Å²) in [4.78, 5) is 24.8. The van der Waals surface area contributed by atoms with E-state index in [1.807, 2.05) is 6.92 Å². The lowest BCUT2D eigenvalue weighted by Gasteiger charge is -2.17. The summed E-state index contributed by atoms with van der Waals surface area (Å²) in [6.45, 7) is 4.35. The average Bonchev–Trinajstić information content (AvgIpc) is 3.22. The molecule has 3 heterocycles. The number of anilines is 2. The molecule has 3 aromatic heterocycles. The van der Waals surface area contributed by atoms with E-state index in [1.54, 1.807) is 17.8 Å². The minimum Gasteiger partial charge on any atom is -0.362 e. The SMILES string of the molecule is CCn1cc2ncc(N[C@@H](C)c3cc(NC(=O)Cc4ccc(C(F)(F)F)cn4)ccc3F)nc2n1. The molecule has 1 atom stereocenters. The maximum atomic E-state index is 14.5. The zero-order valence-electron chi connectivity index (χ0n) is 18.8. The maximum absolute atomic E-state index is 14.5. The van der Waals surface area contributed by atoms with E-state index in [1.165, 1.54) is 24.4 Å². The van der Waals surface area contributed by atoms with Crippen LogP contribution in [0.4, 0.5) is 29.1 Å². The first kappa shape index (κ1) is 24.0. The molecule has 8 nitrogen and oxygen atoms in total. The van der Waals surface area contributed by atoms with E-state index < -0.39 is 29.5 Å². The number of hydrogen-bond donors (Lipinski definition) is 2. The molecule has 0 spiro atoms. The van der Waals surface area contributed by atoms with Gasteiger partial charge in [-0.3, -0.25) is 14.5 Å². The monoisotopic (exact) mass is 487 g/mol. The standard InChI is InChI=1S/C23H21F4N7O/c1-3-34-12-19-22(33-34)32-20(11-29-19)30-13(2)17-8-16(6-7-18(17)24)31-21(35)9-15-5-4-14(10-28-15)23(25,26)27/h4-8,10-13H,3,9H2,1-2H3,(H,31,35)(H,30,32,33)/t13-/m0/s1. The van der Waals surface area contributed by atoms with Crippen molar-refractivity contribution in [2.24, 2.45) is 0 Å². The van der Waals surface area contributed by atoms with Crippen LogP contribution in [-0.2, 0) is 23.9 Å². The number of amides is 1. The van der Waals surface area contributed by atoms with Gasteiger partial charge >= 0.3 is 6.18 Å². The maximum Gasteiger partial charge on any atom is 0.417 e. The predicted molar refractivity (Wildman–Crippen MR) is 121 cm³/mol. The molecule has 0 saturated heterocycles. The van der Waals surface area contributed by atoms with E-state index in [9.17, 15) is 22.4 Å². The number of fused-ring (bicyclic) bond motifs is 1. The first-order valence-electron chi connectivity index (χ1n) is 10.7. The summed E-state index contributed by atoms with van der Waals surface area (Å²) in [5, 5.41) is 10.0. The van der Waals surface area contributed by atoms with Crippen molar-refractivity contribution in [2.45, 2.75) is 39.0 Å². The van der Waals surface area contributed by atoms with Gasteiger partial charge in [0, 0.05) is 29.7 Å². The van der Waals surface area contributed by atoms with E-state index in [0.717, 1.165) is 12.1 Å². The van der Waals surface area contributed by atoms with Gasteiger partial charge in [-0.05, 0) is 44.2 Å². The summed E-state index contributed by atoms with van der Waals surface area (Å²) in [6, 6.07) is 5.58. The third kappa shape index (κ3) is 5.70. The van der Waals surface area contributed by atoms with Gasteiger partial charge in [-0.2, -0.15) is 18.3 Å². The lowest BCUT2D eigenvalue weighted by molar-refractivity contribution is -0.137. The molecule has 0 fully saturated rings. The third-order valence-corrected chi connectivity index (χ3v) is 5.20. The van der Waals surface area contributed by atoms with Crippen molar-refractivity contribution >= 4 is 28.6 Å². The molecule has 12 heteroatoms. The molecule has 2 N–H and O–H groups in total. The highest BCUT2D eigenvalue weighted by Gasteiger charge is 2.30. The van der Waals surface area contributed by atoms with Gasteiger partial charge in [-0.1, -0.05) is 0 Å². The minimum atomic E-state index is -4.50. The highest BCUT2D eigenvalue weighted by atomic mass is 19.4. The number of nitrogens with zero attached hydrogens (tertiary/aromatic N) is 5. The number of benzene rings is 1. The Balaban J connectivity index is 1.43. The van der Waals surface area contributed by atoms with Crippen LogP contribution in [0, 0.1) is 5.82 Å². The summed E-state index contributed by atoms with van der Waals surface area (Å²) in [5.74, 6) is -0.580. The minimum absolute atomic E-state index is 0.173. The number of pyridine rings is 1. The van der Waals surface area contributed by atoms with Crippen LogP contribution >= 0.6 is 0 Å². The van der Waals surface area contributed by atoms with Crippen LogP contribution in [0.5, 0.6) is 0 Å². The molecule has 0 unspecified atom stereocenters. The number of carbonyl (C=O) groups excluding carboxylic acids is 1. The van der Waals surface area contributed by atoms with Gasteiger partial charge in [0.2, 0.25) is 11.6 Å². The fourth-order valence-electron chi connectivity index (χ4n) is 3.40. The second-order valence-corrected chi connectivity index (χ2v) is 7.81. The van der Waals surface area contributed by atoms with Crippen LogP contribution in [0.15, 0.2) is 48.9 Å². The zero-order valence-corrected chi connectivity index (χ0v) is 18.8. The number of aryl methyl sites for hydroxylation is 1. The van der Waals surface area contributed by atoms with Crippen molar-refractivity contribution in [2.75, 3.05) is 10.6 Å². The normalized spacial score (nSPS) is 12.5. The van der Waals surface area contributed by atoms with Gasteiger partial charge in [0.15, 0.2) is 0 Å². The Morgan fingerprint density at radius 1 is 1.14 bits per heavy atom. The molecule has 0 aliphatic carbocycles. The van der Waals surface area contributed by atoms with Gasteiger partial charge < -0.3 is 10.6 Å². The van der Waals surface area contributed by atoms with Crippen LogP contribution in [0.1, 0.15) is 36.7 Å². The number of hydrogen-bond acceptors (Lipinski definition) is 6. The van der Waals surface area contributed by atoms with E-state index >= 15 is 0 Å². The Morgan fingerprint density at radius 2 is 1.94 bits per heavy atom. The first-order valence-corrected chi connectivity index (χ1v) is 10.7. The van der Waals surface area contributed by atoms with Crippen LogP contribution in [0.2, 0.25) is 0 Å². The molecule has 0 aliphatic rings. The quantitative estimate of drug-likeness (QED) is 0.365. The highest BCUT2D eigenvalue weighted by Crippen LogP contribution is 2.28. The Kier molecular flexibility index (Phi) is 6.63. The number of carbonyl (C=O) groups is 1. The lowest BCUT2D eigenvalue weighted by atomic mass is 10.1. The van der Waals surface area contributed by atoms with Gasteiger partial charge in [0.1, 0.15) is 17.2 Å². The molecule has 0 aliphatic heterocycles. The topological polar surface area (TPSA) is 97.6 Å². The van der Waals surface area contributed by atoms with E-state index in [-0.39, 0.29) is 17.7 Å². The fraction of sp³-hybridized carbons (Fsp3) is 0.261. The Labute approximate surface area is 197 Å². The first-order chi connectivity index (χ1) is 16.6. The predicted octanol–water partition coefficient (Wildman–Crippen LogP) is 4.75. The summed E-state index contributed by atoms with van der Waals surface area (Å²) in [7, 11) is 0. The van der Waals surface area contributed by atoms with Gasteiger partial charge in [-0.25, -0.2) is 14.4 Å². The smallest absolute Gasteiger partial charge is 0.362 e. The van der Waals surface area contributed by atoms with Gasteiger partial charge in [0.05, 0.1) is 30.4 Å². The summed E-state index contributed by atoms with van der Waals surface area (Å²) < 4.78 is 54.2. The Bertz CT molecular complexity index is 1350. The number of halogens is 4. The summed E-state index contributed by atoms with van der Waals surface area (Å²) in [5.41, 5.74) is 0.985. The van der Waals surface area contributed by atoms with Crippen LogP contribution in [0.3, 0.4) is 0 Å². The number of nitrogens with one attached hydrogen (secondary N) is 2. The molecule has 1 amide bonds. The number of rotatable bonds is 7. The number of aromatic nitrogens is 5. The van der Waals surface area contributed by atoms with Crippen molar-refractivity contribution in [3.63, 3.8) is 0 Å². The second-order valence-electron chi connectivity index (χ2n) is 7.81. The largest absolute Gasteiger partial charge is 0.417 e. The van der Waals surface area contributed by atoms with E-state index in [2.05, 4.69) is 30.7 Å². The molecule has 0 radical (unpaired) electrons. The summed E-state index contributed by atoms with van der Waals surface area (Å²) >= 11 is 0. The van der Waals surface area contributed by atoms with Crippen molar-refractivity contribution in [1.82, 2.24) is 24.7 Å². The van der Waals surface area contributed by atoms with Gasteiger partial charge in [-0.15, -0.1) is 0 Å². The Hall–Kier alpha value is -4.09.